The average molecular weight is 544 g/mol. The third-order valence-corrected chi connectivity index (χ3v) is 8.32. The van der Waals surface area contributed by atoms with Gasteiger partial charge in [-0.3, -0.25) is 9.59 Å². The van der Waals surface area contributed by atoms with Crippen molar-refractivity contribution in [1.82, 2.24) is 9.97 Å². The first-order valence-electron chi connectivity index (χ1n) is 13.0. The molecule has 2 aromatic rings. The molecule has 1 fully saturated rings. The van der Waals surface area contributed by atoms with Gasteiger partial charge in [-0.1, -0.05) is 0 Å². The second-order valence-corrected chi connectivity index (χ2v) is 12.6. The lowest BCUT2D eigenvalue weighted by Crippen LogP contribution is -2.47. The van der Waals surface area contributed by atoms with Crippen molar-refractivity contribution >= 4 is 50.5 Å². The van der Waals surface area contributed by atoms with Gasteiger partial charge in [0.1, 0.15) is 5.69 Å². The highest BCUT2D eigenvalue weighted by Crippen LogP contribution is 2.33. The van der Waals surface area contributed by atoms with E-state index >= 15 is 0 Å². The number of hydrogen-bond acceptors (Lipinski definition) is 9. The summed E-state index contributed by atoms with van der Waals surface area (Å²) in [5.74, 6) is 1.12. The Bertz CT molecular complexity index is 1310. The molecular formula is C26H37N7O4S. The highest BCUT2D eigenvalue weighted by atomic mass is 32.2. The van der Waals surface area contributed by atoms with Crippen molar-refractivity contribution in [3.05, 3.63) is 24.4 Å². The van der Waals surface area contributed by atoms with Crippen LogP contribution in [0.25, 0.3) is 0 Å². The lowest BCUT2D eigenvalue weighted by Gasteiger charge is -2.36. The lowest BCUT2D eigenvalue weighted by atomic mass is 9.84. The topological polar surface area (TPSA) is 151 Å². The molecule has 1 aliphatic carbocycles. The molecule has 4 N–H and O–H groups in total. The summed E-state index contributed by atoms with van der Waals surface area (Å²) in [5.41, 5.74) is 7.36. The van der Waals surface area contributed by atoms with E-state index in [2.05, 4.69) is 20.6 Å². The van der Waals surface area contributed by atoms with Crippen molar-refractivity contribution in [2.24, 2.45) is 11.7 Å². The molecule has 2 aliphatic rings. The molecular weight excluding hydrogens is 506 g/mol. The Morgan fingerprint density at radius 2 is 1.84 bits per heavy atom. The number of sulfone groups is 1. The number of anilines is 5. The molecule has 0 saturated heterocycles. The van der Waals surface area contributed by atoms with Gasteiger partial charge >= 0.3 is 0 Å². The number of fused-ring (bicyclic) bond motifs is 1. The van der Waals surface area contributed by atoms with E-state index in [0.717, 1.165) is 38.4 Å². The molecule has 206 valence electrons. The predicted octanol–water partition coefficient (Wildman–Crippen LogP) is 3.05. The molecule has 1 aliphatic heterocycles. The SMILES string of the molecule is CC(C)N1CC(=O)N(C)c2cnc(Nc3cc(NC(=O)CCC4CCC(N)CC4)cc(S(C)(=O)=O)c3)nc21. The number of amides is 2. The number of nitrogens with zero attached hydrogens (tertiary/aromatic N) is 4. The molecule has 38 heavy (non-hydrogen) atoms. The van der Waals surface area contributed by atoms with Crippen molar-refractivity contribution in [3.8, 4) is 0 Å². The maximum absolute atomic E-state index is 12.7. The van der Waals surface area contributed by atoms with Crippen LogP contribution in [-0.2, 0) is 19.4 Å². The maximum Gasteiger partial charge on any atom is 0.246 e. The number of rotatable bonds is 8. The van der Waals surface area contributed by atoms with E-state index in [1.165, 1.54) is 17.0 Å². The van der Waals surface area contributed by atoms with E-state index < -0.39 is 9.84 Å². The number of aromatic nitrogens is 2. The van der Waals surface area contributed by atoms with Crippen LogP contribution in [0.15, 0.2) is 29.3 Å². The molecule has 2 amide bonds. The number of hydrogen-bond donors (Lipinski definition) is 3. The van der Waals surface area contributed by atoms with E-state index in [1.807, 2.05) is 18.7 Å². The average Bonchev–Trinajstić information content (AvgIpc) is 2.85. The Kier molecular flexibility index (Phi) is 8.22. The van der Waals surface area contributed by atoms with Crippen LogP contribution in [-0.4, -0.2) is 62.1 Å². The second kappa shape index (κ2) is 11.2. The van der Waals surface area contributed by atoms with Crippen LogP contribution < -0.4 is 26.2 Å². The summed E-state index contributed by atoms with van der Waals surface area (Å²) in [6.45, 7) is 4.15. The number of carbonyl (C=O) groups excluding carboxylic acids is 2. The summed E-state index contributed by atoms with van der Waals surface area (Å²) < 4.78 is 24.8. The van der Waals surface area contributed by atoms with Gasteiger partial charge in [0.05, 0.1) is 17.6 Å². The van der Waals surface area contributed by atoms with Crippen LogP contribution in [0.2, 0.25) is 0 Å². The van der Waals surface area contributed by atoms with Gasteiger partial charge in [-0.05, 0) is 70.1 Å². The number of carbonyl (C=O) groups is 2. The molecule has 1 aromatic carbocycles. The zero-order chi connectivity index (χ0) is 27.6. The Hall–Kier alpha value is -3.25. The van der Waals surface area contributed by atoms with Gasteiger partial charge < -0.3 is 26.2 Å². The molecule has 0 spiro atoms. The van der Waals surface area contributed by atoms with Crippen molar-refractivity contribution < 1.29 is 18.0 Å². The summed E-state index contributed by atoms with van der Waals surface area (Å²) in [6.07, 6.45) is 7.87. The first-order valence-corrected chi connectivity index (χ1v) is 14.9. The summed E-state index contributed by atoms with van der Waals surface area (Å²) in [7, 11) is -1.87. The van der Waals surface area contributed by atoms with Crippen molar-refractivity contribution in [2.45, 2.75) is 69.4 Å². The molecule has 1 aromatic heterocycles. The highest BCUT2D eigenvalue weighted by molar-refractivity contribution is 7.90. The summed E-state index contributed by atoms with van der Waals surface area (Å²) in [6, 6.07) is 4.89. The Labute approximate surface area is 224 Å². The lowest BCUT2D eigenvalue weighted by molar-refractivity contribution is -0.117. The molecule has 12 heteroatoms. The summed E-state index contributed by atoms with van der Waals surface area (Å²) in [5, 5.41) is 5.92. The highest BCUT2D eigenvalue weighted by Gasteiger charge is 2.30. The second-order valence-electron chi connectivity index (χ2n) is 10.6. The fourth-order valence-electron chi connectivity index (χ4n) is 4.89. The minimum atomic E-state index is -3.55. The Balaban J connectivity index is 1.53. The van der Waals surface area contributed by atoms with Gasteiger partial charge in [0.15, 0.2) is 15.7 Å². The number of nitrogens with one attached hydrogen (secondary N) is 2. The van der Waals surface area contributed by atoms with E-state index in [0.29, 0.717) is 35.2 Å². The van der Waals surface area contributed by atoms with Crippen LogP contribution >= 0.6 is 0 Å². The van der Waals surface area contributed by atoms with Gasteiger partial charge in [-0.15, -0.1) is 0 Å². The van der Waals surface area contributed by atoms with Crippen molar-refractivity contribution in [2.75, 3.05) is 40.3 Å². The predicted molar refractivity (Wildman–Crippen MR) is 149 cm³/mol. The van der Waals surface area contributed by atoms with E-state index in [9.17, 15) is 18.0 Å². The minimum absolute atomic E-state index is 0.0369. The van der Waals surface area contributed by atoms with Crippen LogP contribution in [0.1, 0.15) is 52.4 Å². The van der Waals surface area contributed by atoms with Crippen LogP contribution in [0.5, 0.6) is 0 Å². The van der Waals surface area contributed by atoms with E-state index in [-0.39, 0.29) is 41.3 Å². The number of benzene rings is 1. The normalized spacial score (nSPS) is 19.9. The number of nitrogens with two attached hydrogens (primary N) is 1. The first kappa shape index (κ1) is 27.8. The minimum Gasteiger partial charge on any atom is -0.343 e. The zero-order valence-corrected chi connectivity index (χ0v) is 23.2. The molecule has 0 unspecified atom stereocenters. The molecule has 2 heterocycles. The Morgan fingerprint density at radius 1 is 1.16 bits per heavy atom. The quantitative estimate of drug-likeness (QED) is 0.456. The fourth-order valence-corrected chi connectivity index (χ4v) is 5.57. The summed E-state index contributed by atoms with van der Waals surface area (Å²) >= 11 is 0. The zero-order valence-electron chi connectivity index (χ0n) is 22.4. The summed E-state index contributed by atoms with van der Waals surface area (Å²) in [4.78, 5) is 37.5. The van der Waals surface area contributed by atoms with Crippen LogP contribution in [0, 0.1) is 5.92 Å². The van der Waals surface area contributed by atoms with E-state index in [1.54, 1.807) is 19.3 Å². The van der Waals surface area contributed by atoms with Crippen LogP contribution in [0.3, 0.4) is 0 Å². The molecule has 11 nitrogen and oxygen atoms in total. The third-order valence-electron chi connectivity index (χ3n) is 7.23. The van der Waals surface area contributed by atoms with Gasteiger partial charge in [-0.25, -0.2) is 13.4 Å². The maximum atomic E-state index is 12.7. The standard InChI is InChI=1S/C26H37N7O4S/c1-16(2)33-15-24(35)32(3)22-14-28-26(31-25(22)33)30-20-11-19(12-21(13-20)38(4,36)37)29-23(34)10-7-17-5-8-18(27)9-6-17/h11-14,16-18H,5-10,15,27H2,1-4H3,(H,29,34)(H,28,30,31). The Morgan fingerprint density at radius 3 is 2.50 bits per heavy atom. The smallest absolute Gasteiger partial charge is 0.246 e. The van der Waals surface area contributed by atoms with Crippen molar-refractivity contribution in [1.29, 1.82) is 0 Å². The first-order chi connectivity index (χ1) is 17.9. The molecule has 0 radical (unpaired) electrons. The van der Waals surface area contributed by atoms with Gasteiger partial charge in [0, 0.05) is 43.2 Å². The van der Waals surface area contributed by atoms with Gasteiger partial charge in [0.2, 0.25) is 17.8 Å². The van der Waals surface area contributed by atoms with E-state index in [4.69, 9.17) is 5.73 Å². The molecule has 1 saturated carbocycles. The van der Waals surface area contributed by atoms with Crippen molar-refractivity contribution in [3.63, 3.8) is 0 Å². The largest absolute Gasteiger partial charge is 0.343 e. The van der Waals surface area contributed by atoms with Gasteiger partial charge in [-0.2, -0.15) is 4.98 Å². The third kappa shape index (κ3) is 6.60. The number of likely N-dealkylation sites (N-methyl/N-ethyl adjacent to an activating group) is 1. The van der Waals surface area contributed by atoms with Gasteiger partial charge in [0.25, 0.3) is 0 Å². The molecule has 4 rings (SSSR count). The monoisotopic (exact) mass is 543 g/mol. The van der Waals surface area contributed by atoms with Crippen LogP contribution in [0.4, 0.5) is 28.8 Å². The molecule has 0 atom stereocenters. The fraction of sp³-hybridized carbons (Fsp3) is 0.538. The molecule has 0 bridgehead atoms.